The maximum Gasteiger partial charge on any atom is 4.00 e. The standard InChI is InChI=1S/C17H12N.C9H13.2ClH.Ti/c1-2-7-15-12-16(11-14(15)6-1)18-10-9-13-5-3-4-8-17(13)18;1-2-3-6-9-7-4-5-8-9;;;/h1-12H;4-5,7-8H,2-3,6H2,1H3;2*1H;/q2*-1;;;+4/p-2. The molecule has 0 N–H and O–H groups in total. The summed E-state index contributed by atoms with van der Waals surface area (Å²) >= 11 is 0. The van der Waals surface area contributed by atoms with Crippen LogP contribution >= 0.6 is 0 Å². The zero-order valence-corrected chi connectivity index (χ0v) is 20.1. The van der Waals surface area contributed by atoms with Crippen LogP contribution in [0.2, 0.25) is 0 Å². The molecule has 0 unspecified atom stereocenters. The van der Waals surface area contributed by atoms with Crippen LogP contribution in [0.4, 0.5) is 0 Å². The normalized spacial score (nSPS) is 9.77. The second-order valence-corrected chi connectivity index (χ2v) is 6.98. The van der Waals surface area contributed by atoms with Crippen molar-refractivity contribution < 1.29 is 46.5 Å². The Morgan fingerprint density at radius 1 is 0.833 bits per heavy atom. The molecular weight excluding hydrogens is 445 g/mol. The molecular formula is C26H25Cl2NTi. The summed E-state index contributed by atoms with van der Waals surface area (Å²) in [6.45, 7) is 2.23. The van der Waals surface area contributed by atoms with E-state index >= 15 is 0 Å². The molecule has 1 aromatic heterocycles. The fraction of sp³-hybridized carbons (Fsp3) is 0.154. The van der Waals surface area contributed by atoms with E-state index in [9.17, 15) is 0 Å². The summed E-state index contributed by atoms with van der Waals surface area (Å²) in [5, 5.41) is 3.87. The fourth-order valence-corrected chi connectivity index (χ4v) is 3.54. The fourth-order valence-electron chi connectivity index (χ4n) is 3.54. The molecule has 0 atom stereocenters. The number of halogens is 2. The van der Waals surface area contributed by atoms with E-state index in [4.69, 9.17) is 0 Å². The molecule has 5 rings (SSSR count). The van der Waals surface area contributed by atoms with E-state index < -0.39 is 0 Å². The smallest absolute Gasteiger partial charge is 1.00 e. The van der Waals surface area contributed by atoms with Gasteiger partial charge < -0.3 is 29.4 Å². The van der Waals surface area contributed by atoms with Crippen LogP contribution in [0.3, 0.4) is 0 Å². The average molecular weight is 470 g/mol. The van der Waals surface area contributed by atoms with E-state index in [0.29, 0.717) is 0 Å². The van der Waals surface area contributed by atoms with Crippen molar-refractivity contribution >= 4 is 21.7 Å². The average Bonchev–Trinajstić information content (AvgIpc) is 3.45. The van der Waals surface area contributed by atoms with Crippen LogP contribution in [0.1, 0.15) is 25.3 Å². The molecule has 5 aromatic rings. The molecule has 0 saturated carbocycles. The van der Waals surface area contributed by atoms with Gasteiger partial charge in [0.15, 0.2) is 0 Å². The minimum atomic E-state index is 0. The van der Waals surface area contributed by atoms with Crippen LogP contribution in [-0.2, 0) is 28.1 Å². The predicted molar refractivity (Wildman–Crippen MR) is 117 cm³/mol. The minimum absolute atomic E-state index is 0. The van der Waals surface area contributed by atoms with Gasteiger partial charge in [-0.3, -0.25) is 0 Å². The Morgan fingerprint density at radius 2 is 1.50 bits per heavy atom. The first-order valence-corrected chi connectivity index (χ1v) is 9.77. The summed E-state index contributed by atoms with van der Waals surface area (Å²) < 4.78 is 2.25. The largest absolute Gasteiger partial charge is 4.00 e. The third-order valence-corrected chi connectivity index (χ3v) is 5.03. The van der Waals surface area contributed by atoms with Crippen molar-refractivity contribution in [2.45, 2.75) is 26.2 Å². The first kappa shape index (κ1) is 26.3. The Kier molecular flexibility index (Phi) is 11.2. The van der Waals surface area contributed by atoms with Gasteiger partial charge in [0.05, 0.1) is 5.52 Å². The monoisotopic (exact) mass is 469 g/mol. The van der Waals surface area contributed by atoms with Crippen LogP contribution < -0.4 is 24.8 Å². The molecule has 0 amide bonds. The van der Waals surface area contributed by atoms with E-state index in [2.05, 4.69) is 109 Å². The molecule has 4 aromatic carbocycles. The van der Waals surface area contributed by atoms with E-state index in [1.807, 2.05) is 0 Å². The second kappa shape index (κ2) is 12.8. The topological polar surface area (TPSA) is 4.93 Å². The molecule has 0 saturated heterocycles. The maximum atomic E-state index is 2.25. The molecule has 0 fully saturated rings. The number of hydrogen-bond acceptors (Lipinski definition) is 0. The van der Waals surface area contributed by atoms with Crippen molar-refractivity contribution in [1.82, 2.24) is 4.57 Å². The van der Waals surface area contributed by atoms with E-state index in [-0.39, 0.29) is 46.5 Å². The molecule has 4 heteroatoms. The van der Waals surface area contributed by atoms with Gasteiger partial charge in [0.1, 0.15) is 0 Å². The summed E-state index contributed by atoms with van der Waals surface area (Å²) in [7, 11) is 0. The SMILES string of the molecule is CCCC[c-]1cccc1.[Cl-].[Cl-].[Ti+4].c1ccc2[cH-]c(-n3ccc4ccccc43)cc2c1. The summed E-state index contributed by atoms with van der Waals surface area (Å²) in [5.74, 6) is 0. The second-order valence-electron chi connectivity index (χ2n) is 6.98. The zero-order valence-electron chi connectivity index (χ0n) is 17.1. The van der Waals surface area contributed by atoms with E-state index in [0.717, 1.165) is 0 Å². The van der Waals surface area contributed by atoms with Crippen molar-refractivity contribution in [1.29, 1.82) is 0 Å². The van der Waals surface area contributed by atoms with Crippen LogP contribution in [0.5, 0.6) is 0 Å². The van der Waals surface area contributed by atoms with Gasteiger partial charge in [0, 0.05) is 6.20 Å². The van der Waals surface area contributed by atoms with Crippen molar-refractivity contribution in [2.24, 2.45) is 0 Å². The first-order chi connectivity index (χ1) is 13.3. The molecule has 152 valence electrons. The van der Waals surface area contributed by atoms with Crippen molar-refractivity contribution in [3.8, 4) is 5.69 Å². The Bertz CT molecular complexity index is 1090. The number of nitrogens with zero attached hydrogens (tertiary/aromatic N) is 1. The molecule has 0 spiro atoms. The van der Waals surface area contributed by atoms with Crippen LogP contribution in [0.25, 0.3) is 27.4 Å². The quantitative estimate of drug-likeness (QED) is 0.276. The van der Waals surface area contributed by atoms with Crippen LogP contribution in [0.15, 0.2) is 97.2 Å². The minimum Gasteiger partial charge on any atom is -1.00 e. The Balaban J connectivity index is 0.000000327. The number of fused-ring (bicyclic) bond motifs is 2. The van der Waals surface area contributed by atoms with E-state index in [1.54, 1.807) is 0 Å². The predicted octanol–water partition coefficient (Wildman–Crippen LogP) is 1.26. The zero-order chi connectivity index (χ0) is 18.5. The Labute approximate surface area is 206 Å². The Morgan fingerprint density at radius 3 is 2.20 bits per heavy atom. The number of para-hydroxylation sites is 1. The molecule has 0 bridgehead atoms. The van der Waals surface area contributed by atoms with Gasteiger partial charge in [-0.25, -0.2) is 12.1 Å². The van der Waals surface area contributed by atoms with Gasteiger partial charge in [-0.05, 0) is 23.2 Å². The molecule has 0 aliphatic carbocycles. The molecule has 0 aliphatic heterocycles. The van der Waals surface area contributed by atoms with Gasteiger partial charge in [-0.1, -0.05) is 50.5 Å². The number of aryl methyl sites for hydroxylation is 1. The number of hydrogen-bond donors (Lipinski definition) is 0. The number of benzene rings is 2. The number of rotatable bonds is 4. The molecule has 0 radical (unpaired) electrons. The molecule has 1 heterocycles. The van der Waals surface area contributed by atoms with Gasteiger partial charge in [-0.2, -0.15) is 17.7 Å². The van der Waals surface area contributed by atoms with Gasteiger partial charge in [0.2, 0.25) is 0 Å². The van der Waals surface area contributed by atoms with Crippen molar-refractivity contribution in [2.75, 3.05) is 0 Å². The van der Waals surface area contributed by atoms with Crippen molar-refractivity contribution in [3.05, 3.63) is 103 Å². The number of unbranched alkanes of at least 4 members (excludes halogenated alkanes) is 1. The first-order valence-electron chi connectivity index (χ1n) is 9.77. The van der Waals surface area contributed by atoms with Gasteiger partial charge in [-0.15, -0.1) is 41.1 Å². The van der Waals surface area contributed by atoms with E-state index in [1.165, 1.54) is 52.2 Å². The Hall–Kier alpha value is -1.77. The van der Waals surface area contributed by atoms with Crippen molar-refractivity contribution in [3.63, 3.8) is 0 Å². The van der Waals surface area contributed by atoms with Gasteiger partial charge in [0.25, 0.3) is 0 Å². The number of aromatic nitrogens is 1. The maximum absolute atomic E-state index is 2.25. The molecule has 1 nitrogen and oxygen atoms in total. The third kappa shape index (κ3) is 6.12. The summed E-state index contributed by atoms with van der Waals surface area (Å²) in [5.41, 5.74) is 3.97. The van der Waals surface area contributed by atoms with Gasteiger partial charge >= 0.3 is 21.7 Å². The summed E-state index contributed by atoms with van der Waals surface area (Å²) in [6, 6.07) is 32.2. The van der Waals surface area contributed by atoms with Crippen LogP contribution in [-0.4, -0.2) is 4.57 Å². The van der Waals surface area contributed by atoms with Crippen LogP contribution in [0, 0.1) is 0 Å². The summed E-state index contributed by atoms with van der Waals surface area (Å²) in [6.07, 6.45) is 6.01. The summed E-state index contributed by atoms with van der Waals surface area (Å²) in [4.78, 5) is 0. The molecule has 0 aliphatic rings. The molecule has 30 heavy (non-hydrogen) atoms. The third-order valence-electron chi connectivity index (χ3n) is 5.03.